The van der Waals surface area contributed by atoms with Gasteiger partial charge in [-0.25, -0.2) is 4.79 Å². The summed E-state index contributed by atoms with van der Waals surface area (Å²) < 4.78 is 14.8. The van der Waals surface area contributed by atoms with E-state index in [0.717, 1.165) is 0 Å². The minimum atomic E-state index is -0.350. The van der Waals surface area contributed by atoms with Crippen molar-refractivity contribution in [1.29, 1.82) is 0 Å². The first kappa shape index (κ1) is 9.22. The molecule has 4 heteroatoms. The summed E-state index contributed by atoms with van der Waals surface area (Å²) in [5.74, 6) is -0.350. The second-order valence-electron chi connectivity index (χ2n) is 2.42. The third-order valence-corrected chi connectivity index (χ3v) is 1.36. The highest BCUT2D eigenvalue weighted by Crippen LogP contribution is 2.01. The number of esters is 1. The molecule has 12 heavy (non-hydrogen) atoms. The van der Waals surface area contributed by atoms with Gasteiger partial charge < -0.3 is 14.2 Å². The molecule has 4 nitrogen and oxygen atoms in total. The van der Waals surface area contributed by atoms with Gasteiger partial charge in [-0.3, -0.25) is 0 Å². The Labute approximate surface area is 71.1 Å². The van der Waals surface area contributed by atoms with E-state index in [2.05, 4.69) is 0 Å². The van der Waals surface area contributed by atoms with Gasteiger partial charge >= 0.3 is 5.97 Å². The maximum Gasteiger partial charge on any atom is 0.330 e. The van der Waals surface area contributed by atoms with Crippen LogP contribution in [0.1, 0.15) is 6.92 Å². The first-order valence-corrected chi connectivity index (χ1v) is 3.81. The van der Waals surface area contributed by atoms with E-state index in [1.807, 2.05) is 0 Å². The van der Waals surface area contributed by atoms with Gasteiger partial charge in [-0.15, -0.1) is 0 Å². The van der Waals surface area contributed by atoms with Gasteiger partial charge in [-0.05, 0) is 6.92 Å². The maximum absolute atomic E-state index is 10.9. The largest absolute Gasteiger partial charge is 0.454 e. The molecule has 1 fully saturated rings. The van der Waals surface area contributed by atoms with E-state index in [9.17, 15) is 4.79 Å². The molecule has 0 amide bonds. The number of carbonyl (C=O) groups is 1. The van der Waals surface area contributed by atoms with E-state index >= 15 is 0 Å². The van der Waals surface area contributed by atoms with Gasteiger partial charge in [-0.1, -0.05) is 6.08 Å². The standard InChI is InChI=1S/C8H12O4/c1-2-3-8(9)12-7-4-10-6-11-5-7/h2-3,7H,4-6H2,1H3. The highest BCUT2D eigenvalue weighted by Gasteiger charge is 2.16. The summed E-state index contributed by atoms with van der Waals surface area (Å²) in [4.78, 5) is 10.9. The molecule has 0 aromatic rings. The van der Waals surface area contributed by atoms with Gasteiger partial charge in [0.25, 0.3) is 0 Å². The van der Waals surface area contributed by atoms with Crippen molar-refractivity contribution in [3.8, 4) is 0 Å². The summed E-state index contributed by atoms with van der Waals surface area (Å²) in [6.07, 6.45) is 2.74. The van der Waals surface area contributed by atoms with Crippen LogP contribution in [0, 0.1) is 0 Å². The predicted octanol–water partition coefficient (Wildman–Crippen LogP) is 0.479. The van der Waals surface area contributed by atoms with Gasteiger partial charge in [-0.2, -0.15) is 0 Å². The molecule has 1 aliphatic rings. The van der Waals surface area contributed by atoms with E-state index in [1.54, 1.807) is 13.0 Å². The van der Waals surface area contributed by atoms with Crippen LogP contribution in [0.5, 0.6) is 0 Å². The Morgan fingerprint density at radius 1 is 1.50 bits per heavy atom. The van der Waals surface area contributed by atoms with E-state index < -0.39 is 0 Å². The Kier molecular flexibility index (Phi) is 3.76. The second-order valence-corrected chi connectivity index (χ2v) is 2.42. The Bertz CT molecular complexity index is 170. The molecule has 0 N–H and O–H groups in total. The van der Waals surface area contributed by atoms with Gasteiger partial charge in [0.2, 0.25) is 0 Å². The topological polar surface area (TPSA) is 44.8 Å². The number of ether oxygens (including phenoxy) is 3. The average Bonchev–Trinajstić information content (AvgIpc) is 2.06. The normalized spacial score (nSPS) is 19.8. The molecule has 0 saturated carbocycles. The smallest absolute Gasteiger partial charge is 0.330 e. The molecule has 1 aliphatic heterocycles. The second kappa shape index (κ2) is 4.90. The number of hydrogen-bond acceptors (Lipinski definition) is 4. The molecular formula is C8H12O4. The minimum Gasteiger partial charge on any atom is -0.454 e. The first-order chi connectivity index (χ1) is 5.83. The zero-order valence-corrected chi connectivity index (χ0v) is 6.99. The summed E-state index contributed by atoms with van der Waals surface area (Å²) in [6.45, 7) is 2.89. The molecule has 0 aromatic heterocycles. The van der Waals surface area contributed by atoms with Crippen LogP contribution < -0.4 is 0 Å². The highest BCUT2D eigenvalue weighted by atomic mass is 16.7. The molecule has 0 atom stereocenters. The van der Waals surface area contributed by atoms with Crippen molar-refractivity contribution in [2.75, 3.05) is 20.0 Å². The fourth-order valence-corrected chi connectivity index (χ4v) is 0.874. The number of carbonyl (C=O) groups excluding carboxylic acids is 1. The molecule has 0 bridgehead atoms. The number of hydrogen-bond donors (Lipinski definition) is 0. The Morgan fingerprint density at radius 3 is 2.75 bits per heavy atom. The quantitative estimate of drug-likeness (QED) is 0.449. The zero-order chi connectivity index (χ0) is 8.81. The van der Waals surface area contributed by atoms with Crippen molar-refractivity contribution in [2.45, 2.75) is 13.0 Å². The van der Waals surface area contributed by atoms with E-state index in [4.69, 9.17) is 14.2 Å². The molecule has 1 saturated heterocycles. The van der Waals surface area contributed by atoms with Gasteiger partial charge in [0.15, 0.2) is 0 Å². The molecule has 0 unspecified atom stereocenters. The molecule has 0 radical (unpaired) electrons. The minimum absolute atomic E-state index is 0.262. The summed E-state index contributed by atoms with van der Waals surface area (Å²) in [5.41, 5.74) is 0. The lowest BCUT2D eigenvalue weighted by Crippen LogP contribution is -2.33. The fourth-order valence-electron chi connectivity index (χ4n) is 0.874. The average molecular weight is 172 g/mol. The van der Waals surface area contributed by atoms with E-state index in [1.165, 1.54) is 6.08 Å². The molecule has 0 spiro atoms. The number of allylic oxidation sites excluding steroid dienone is 1. The maximum atomic E-state index is 10.9. The van der Waals surface area contributed by atoms with Crippen LogP contribution in [0.3, 0.4) is 0 Å². The molecule has 1 heterocycles. The van der Waals surface area contributed by atoms with Crippen LogP contribution in [-0.4, -0.2) is 32.1 Å². The highest BCUT2D eigenvalue weighted by molar-refractivity contribution is 5.81. The third kappa shape index (κ3) is 3.02. The predicted molar refractivity (Wildman–Crippen MR) is 41.5 cm³/mol. The lowest BCUT2D eigenvalue weighted by molar-refractivity contribution is -0.179. The summed E-state index contributed by atoms with van der Waals surface area (Å²) in [7, 11) is 0. The fraction of sp³-hybridized carbons (Fsp3) is 0.625. The molecule has 68 valence electrons. The van der Waals surface area contributed by atoms with Crippen LogP contribution in [0.15, 0.2) is 12.2 Å². The lowest BCUT2D eigenvalue weighted by Gasteiger charge is -2.21. The van der Waals surface area contributed by atoms with E-state index in [0.29, 0.717) is 13.2 Å². The molecule has 0 aromatic carbocycles. The third-order valence-electron chi connectivity index (χ3n) is 1.36. The monoisotopic (exact) mass is 172 g/mol. The summed E-state index contributed by atoms with van der Waals surface area (Å²) >= 11 is 0. The zero-order valence-electron chi connectivity index (χ0n) is 6.99. The van der Waals surface area contributed by atoms with E-state index in [-0.39, 0.29) is 18.9 Å². The molecule has 0 aliphatic carbocycles. The van der Waals surface area contributed by atoms with Crippen molar-refractivity contribution >= 4 is 5.97 Å². The van der Waals surface area contributed by atoms with Crippen molar-refractivity contribution < 1.29 is 19.0 Å². The van der Waals surface area contributed by atoms with Crippen LogP contribution in [0.2, 0.25) is 0 Å². The Hall–Kier alpha value is -0.870. The number of rotatable bonds is 2. The molecule has 1 rings (SSSR count). The lowest BCUT2D eigenvalue weighted by atomic mass is 10.4. The van der Waals surface area contributed by atoms with Crippen LogP contribution >= 0.6 is 0 Å². The van der Waals surface area contributed by atoms with Crippen LogP contribution in [0.25, 0.3) is 0 Å². The van der Waals surface area contributed by atoms with Gasteiger partial charge in [0.1, 0.15) is 12.9 Å². The van der Waals surface area contributed by atoms with Crippen LogP contribution in [-0.2, 0) is 19.0 Å². The summed E-state index contributed by atoms with van der Waals surface area (Å²) in [6, 6.07) is 0. The SMILES string of the molecule is CC=CC(=O)OC1COCOC1. The van der Waals surface area contributed by atoms with Crippen molar-refractivity contribution in [1.82, 2.24) is 0 Å². The first-order valence-electron chi connectivity index (χ1n) is 3.81. The van der Waals surface area contributed by atoms with Crippen molar-refractivity contribution in [2.24, 2.45) is 0 Å². The van der Waals surface area contributed by atoms with Crippen LogP contribution in [0.4, 0.5) is 0 Å². The van der Waals surface area contributed by atoms with Crippen molar-refractivity contribution in [3.63, 3.8) is 0 Å². The van der Waals surface area contributed by atoms with Crippen molar-refractivity contribution in [3.05, 3.63) is 12.2 Å². The van der Waals surface area contributed by atoms with Gasteiger partial charge in [0.05, 0.1) is 13.2 Å². The molecular weight excluding hydrogens is 160 g/mol. The Balaban J connectivity index is 2.24. The summed E-state index contributed by atoms with van der Waals surface area (Å²) in [5, 5.41) is 0. The Morgan fingerprint density at radius 2 is 2.17 bits per heavy atom. The van der Waals surface area contributed by atoms with Gasteiger partial charge in [0, 0.05) is 6.08 Å².